The van der Waals surface area contributed by atoms with Crippen LogP contribution in [0.25, 0.3) is 55.3 Å². The van der Waals surface area contributed by atoms with Crippen molar-refractivity contribution in [2.45, 2.75) is 13.8 Å². The van der Waals surface area contributed by atoms with E-state index in [2.05, 4.69) is 35.5 Å². The van der Waals surface area contributed by atoms with Crippen molar-refractivity contribution < 1.29 is 9.18 Å². The van der Waals surface area contributed by atoms with E-state index in [0.29, 0.717) is 33.8 Å². The molecule has 0 radical (unpaired) electrons. The number of anilines is 1. The van der Waals surface area contributed by atoms with Crippen molar-refractivity contribution in [3.8, 4) is 33.3 Å². The number of nitrogens with zero attached hydrogens (tertiary/aromatic N) is 5. The summed E-state index contributed by atoms with van der Waals surface area (Å²) in [5.41, 5.74) is 3.94. The lowest BCUT2D eigenvalue weighted by Crippen LogP contribution is -2.17. The second-order valence-corrected chi connectivity index (χ2v) is 9.45. The third-order valence-electron chi connectivity index (χ3n) is 5.73. The minimum absolute atomic E-state index is 0.0929. The monoisotopic (exact) mass is 498 g/mol. The molecular formula is C25H19FN8OS. The predicted molar refractivity (Wildman–Crippen MR) is 137 cm³/mol. The maximum atomic E-state index is 15.9. The first-order chi connectivity index (χ1) is 17.5. The average molecular weight is 499 g/mol. The average Bonchev–Trinajstić information content (AvgIpc) is 3.63. The van der Waals surface area contributed by atoms with Crippen molar-refractivity contribution in [1.29, 1.82) is 0 Å². The quantitative estimate of drug-likeness (QED) is 0.291. The lowest BCUT2D eigenvalue weighted by Gasteiger charge is -2.09. The third-order valence-corrected chi connectivity index (χ3v) is 6.60. The summed E-state index contributed by atoms with van der Waals surface area (Å²) < 4.78 is 15.9. The Hall–Kier alpha value is -4.51. The summed E-state index contributed by atoms with van der Waals surface area (Å²) in [5, 5.41) is 12.2. The zero-order chi connectivity index (χ0) is 24.8. The lowest BCUT2D eigenvalue weighted by molar-refractivity contribution is -0.118. The smallest absolute Gasteiger partial charge is 0.226 e. The Morgan fingerprint density at radius 3 is 2.78 bits per heavy atom. The first-order valence-corrected chi connectivity index (χ1v) is 12.1. The number of H-pyrrole nitrogens is 2. The number of carbonyl (C=O) groups is 1. The summed E-state index contributed by atoms with van der Waals surface area (Å²) in [7, 11) is 0. The molecule has 0 aromatic carbocycles. The molecule has 0 spiro atoms. The van der Waals surface area contributed by atoms with Gasteiger partial charge in [-0.05, 0) is 23.6 Å². The van der Waals surface area contributed by atoms with Gasteiger partial charge in [0.1, 0.15) is 22.6 Å². The molecule has 1 amide bonds. The number of fused-ring (bicyclic) bond motifs is 2. The van der Waals surface area contributed by atoms with Gasteiger partial charge >= 0.3 is 0 Å². The van der Waals surface area contributed by atoms with E-state index in [9.17, 15) is 4.79 Å². The number of nitrogens with one attached hydrogen (secondary N) is 3. The molecule has 0 fully saturated rings. The molecule has 0 aliphatic rings. The SMILES string of the molecule is CC(C)C(=O)Nc1cncc(-c2ncc3[nH]nc(-c4nc5c(-c6cccs6)nccc5[nH]4)c3c2F)c1. The van der Waals surface area contributed by atoms with Crippen LogP contribution in [0.5, 0.6) is 0 Å². The Balaban J connectivity index is 1.46. The van der Waals surface area contributed by atoms with Gasteiger partial charge in [-0.15, -0.1) is 11.3 Å². The molecule has 9 nitrogen and oxygen atoms in total. The van der Waals surface area contributed by atoms with E-state index in [1.807, 2.05) is 23.6 Å². The van der Waals surface area contributed by atoms with Gasteiger partial charge in [0.15, 0.2) is 11.6 Å². The van der Waals surface area contributed by atoms with Gasteiger partial charge in [0.05, 0.1) is 39.4 Å². The van der Waals surface area contributed by atoms with Crippen LogP contribution in [0, 0.1) is 11.7 Å². The van der Waals surface area contributed by atoms with Crippen LogP contribution in [-0.2, 0) is 4.79 Å². The number of hydrogen-bond acceptors (Lipinski definition) is 7. The fourth-order valence-electron chi connectivity index (χ4n) is 3.91. The third kappa shape index (κ3) is 3.69. The normalized spacial score (nSPS) is 11.6. The van der Waals surface area contributed by atoms with Crippen LogP contribution in [-0.4, -0.2) is 41.0 Å². The number of pyridine rings is 3. The Bertz CT molecular complexity index is 1740. The van der Waals surface area contributed by atoms with E-state index in [1.165, 1.54) is 18.6 Å². The standard InChI is InChI=1S/C25H19FN8OS/c1-12(2)25(35)30-14-8-13(9-27-10-14)20-19(26)18-16(11-29-20)33-34-23(18)24-31-15-5-6-28-22(21(15)32-24)17-4-3-7-36-17/h3-12H,1-2H3,(H,30,35)(H,31,32)(H,33,34). The molecule has 3 N–H and O–H groups in total. The van der Waals surface area contributed by atoms with Crippen LogP contribution >= 0.6 is 11.3 Å². The molecule has 0 bridgehead atoms. The second kappa shape index (κ2) is 8.61. The highest BCUT2D eigenvalue weighted by molar-refractivity contribution is 7.13. The van der Waals surface area contributed by atoms with Crippen molar-refractivity contribution in [2.75, 3.05) is 5.32 Å². The van der Waals surface area contributed by atoms with Crippen molar-refractivity contribution >= 4 is 44.9 Å². The first kappa shape index (κ1) is 22.0. The van der Waals surface area contributed by atoms with E-state index in [-0.39, 0.29) is 22.9 Å². The van der Waals surface area contributed by atoms with Crippen LogP contribution in [0.3, 0.4) is 0 Å². The molecule has 0 aliphatic carbocycles. The number of amides is 1. The molecular weight excluding hydrogens is 479 g/mol. The molecule has 36 heavy (non-hydrogen) atoms. The maximum absolute atomic E-state index is 15.9. The highest BCUT2D eigenvalue weighted by Crippen LogP contribution is 2.35. The molecule has 6 heterocycles. The number of hydrogen-bond donors (Lipinski definition) is 3. The predicted octanol–water partition coefficient (Wildman–Crippen LogP) is 5.42. The van der Waals surface area contributed by atoms with Crippen LogP contribution in [0.2, 0.25) is 0 Å². The van der Waals surface area contributed by atoms with Gasteiger partial charge in [-0.1, -0.05) is 19.9 Å². The Morgan fingerprint density at radius 1 is 1.08 bits per heavy atom. The number of carbonyl (C=O) groups excluding carboxylic acids is 1. The minimum atomic E-state index is -0.567. The topological polar surface area (TPSA) is 125 Å². The first-order valence-electron chi connectivity index (χ1n) is 11.2. The number of aromatic amines is 2. The number of imidazole rings is 1. The summed E-state index contributed by atoms with van der Waals surface area (Å²) in [6.07, 6.45) is 6.24. The van der Waals surface area contributed by atoms with Gasteiger partial charge in [0.2, 0.25) is 5.91 Å². The maximum Gasteiger partial charge on any atom is 0.226 e. The molecule has 0 aliphatic heterocycles. The molecule has 0 unspecified atom stereocenters. The van der Waals surface area contributed by atoms with E-state index in [0.717, 1.165) is 16.1 Å². The second-order valence-electron chi connectivity index (χ2n) is 8.51. The van der Waals surface area contributed by atoms with Gasteiger partial charge in [0, 0.05) is 23.9 Å². The Morgan fingerprint density at radius 2 is 1.97 bits per heavy atom. The number of thiophene rings is 1. The van der Waals surface area contributed by atoms with Gasteiger partial charge in [-0.3, -0.25) is 24.8 Å². The molecule has 6 rings (SSSR count). The highest BCUT2D eigenvalue weighted by Gasteiger charge is 2.22. The van der Waals surface area contributed by atoms with Gasteiger partial charge in [0.25, 0.3) is 0 Å². The number of rotatable bonds is 5. The van der Waals surface area contributed by atoms with Crippen LogP contribution in [0.15, 0.2) is 54.4 Å². The van der Waals surface area contributed by atoms with Crippen LogP contribution in [0.4, 0.5) is 10.1 Å². The molecule has 178 valence electrons. The van der Waals surface area contributed by atoms with Crippen molar-refractivity contribution in [1.82, 2.24) is 35.1 Å². The lowest BCUT2D eigenvalue weighted by atomic mass is 10.1. The van der Waals surface area contributed by atoms with Crippen molar-refractivity contribution in [2.24, 2.45) is 5.92 Å². The van der Waals surface area contributed by atoms with E-state index in [4.69, 9.17) is 4.98 Å². The van der Waals surface area contributed by atoms with Gasteiger partial charge in [-0.25, -0.2) is 9.37 Å². The van der Waals surface area contributed by atoms with Gasteiger partial charge < -0.3 is 10.3 Å². The van der Waals surface area contributed by atoms with Crippen LogP contribution in [0.1, 0.15) is 13.8 Å². The van der Waals surface area contributed by atoms with Crippen molar-refractivity contribution in [3.63, 3.8) is 0 Å². The highest BCUT2D eigenvalue weighted by atomic mass is 32.1. The summed E-state index contributed by atoms with van der Waals surface area (Å²) in [6, 6.07) is 7.40. The van der Waals surface area contributed by atoms with E-state index in [1.54, 1.807) is 37.4 Å². The van der Waals surface area contributed by atoms with Gasteiger partial charge in [-0.2, -0.15) is 5.10 Å². The fraction of sp³-hybridized carbons (Fsp3) is 0.120. The molecule has 6 aromatic heterocycles. The summed E-state index contributed by atoms with van der Waals surface area (Å²) in [4.78, 5) is 34.0. The molecule has 0 saturated carbocycles. The number of halogens is 1. The zero-order valence-corrected chi connectivity index (χ0v) is 20.0. The minimum Gasteiger partial charge on any atom is -0.336 e. The van der Waals surface area contributed by atoms with E-state index < -0.39 is 5.82 Å². The largest absolute Gasteiger partial charge is 0.336 e. The molecule has 6 aromatic rings. The summed E-state index contributed by atoms with van der Waals surface area (Å²) in [6.45, 7) is 3.58. The van der Waals surface area contributed by atoms with E-state index >= 15 is 4.39 Å². The Labute approximate surface area is 207 Å². The Kier molecular flexibility index (Phi) is 5.26. The molecule has 0 saturated heterocycles. The zero-order valence-electron chi connectivity index (χ0n) is 19.2. The number of aromatic nitrogens is 7. The van der Waals surface area contributed by atoms with Crippen molar-refractivity contribution in [3.05, 3.63) is 60.3 Å². The van der Waals surface area contributed by atoms with Crippen LogP contribution < -0.4 is 5.32 Å². The fourth-order valence-corrected chi connectivity index (χ4v) is 4.64. The molecule has 11 heteroatoms. The summed E-state index contributed by atoms with van der Waals surface area (Å²) >= 11 is 1.57. The molecule has 0 atom stereocenters. The summed E-state index contributed by atoms with van der Waals surface area (Å²) in [5.74, 6) is -0.513.